The molecule has 0 aliphatic heterocycles. The molecular weight excluding hydrogens is 770 g/mol. The van der Waals surface area contributed by atoms with Crippen LogP contribution in [-0.4, -0.2) is 19.6 Å². The predicted octanol–water partition coefficient (Wildman–Crippen LogP) is 11.0. The SMILES string of the molecule is Cc1c(C(C)(C)C)cc(-c2[c-]c(-c3cccc4c3nc(-c3cc(C(C)(C)C)ccc3O)n4-c3ccccc3)ccc2)c2ncccc12.[Pt]. The van der Waals surface area contributed by atoms with Gasteiger partial charge in [-0.3, -0.25) is 9.55 Å². The molecule has 0 aliphatic carbocycles. The summed E-state index contributed by atoms with van der Waals surface area (Å²) >= 11 is 0. The van der Waals surface area contributed by atoms with Gasteiger partial charge in [0.15, 0.2) is 0 Å². The van der Waals surface area contributed by atoms with E-state index >= 15 is 0 Å². The van der Waals surface area contributed by atoms with E-state index in [4.69, 9.17) is 9.97 Å². The zero-order chi connectivity index (χ0) is 33.1. The van der Waals surface area contributed by atoms with Crippen LogP contribution in [0.25, 0.3) is 61.3 Å². The third-order valence-electron chi connectivity index (χ3n) is 9.15. The second kappa shape index (κ2) is 12.5. The molecule has 5 aromatic carbocycles. The van der Waals surface area contributed by atoms with Gasteiger partial charge < -0.3 is 5.11 Å². The molecule has 48 heavy (non-hydrogen) atoms. The average Bonchev–Trinajstić information content (AvgIpc) is 3.44. The molecule has 0 saturated heterocycles. The number of phenols is 1. The Balaban J connectivity index is 0.00000401. The number of phenolic OH excluding ortho intramolecular Hbond substituents is 1. The summed E-state index contributed by atoms with van der Waals surface area (Å²) in [7, 11) is 0. The van der Waals surface area contributed by atoms with Gasteiger partial charge >= 0.3 is 0 Å². The van der Waals surface area contributed by atoms with Crippen molar-refractivity contribution in [2.45, 2.75) is 59.3 Å². The maximum Gasteiger partial charge on any atom is 0.148 e. The number of benzene rings is 5. The van der Waals surface area contributed by atoms with Crippen LogP contribution >= 0.6 is 0 Å². The van der Waals surface area contributed by atoms with E-state index < -0.39 is 0 Å². The first kappa shape index (κ1) is 33.4. The normalized spacial score (nSPS) is 12.0. The minimum atomic E-state index is -0.0888. The van der Waals surface area contributed by atoms with E-state index in [9.17, 15) is 5.11 Å². The third-order valence-corrected chi connectivity index (χ3v) is 9.15. The van der Waals surface area contributed by atoms with Crippen molar-refractivity contribution in [3.05, 3.63) is 132 Å². The van der Waals surface area contributed by atoms with E-state index in [1.807, 2.05) is 36.5 Å². The zero-order valence-corrected chi connectivity index (χ0v) is 30.8. The number of pyridine rings is 1. The molecule has 0 atom stereocenters. The minimum absolute atomic E-state index is 0. The second-order valence-corrected chi connectivity index (χ2v) is 14.5. The van der Waals surface area contributed by atoms with Gasteiger partial charge in [-0.25, -0.2) is 4.98 Å². The molecule has 2 aromatic heterocycles. The molecular formula is C43H40N3OPt-. The summed E-state index contributed by atoms with van der Waals surface area (Å²) in [4.78, 5) is 10.1. The average molecular weight is 810 g/mol. The Morgan fingerprint density at radius 2 is 1.38 bits per heavy atom. The molecule has 7 aromatic rings. The van der Waals surface area contributed by atoms with Crippen molar-refractivity contribution in [3.63, 3.8) is 0 Å². The fraction of sp³-hybridized carbons (Fsp3) is 0.209. The van der Waals surface area contributed by atoms with Crippen molar-refractivity contribution in [3.8, 4) is 45.1 Å². The first-order chi connectivity index (χ1) is 22.4. The van der Waals surface area contributed by atoms with Gasteiger partial charge in [0.1, 0.15) is 11.6 Å². The minimum Gasteiger partial charge on any atom is -0.507 e. The number of hydrogen-bond acceptors (Lipinski definition) is 3. The molecule has 0 aliphatic rings. The molecule has 7 rings (SSSR count). The van der Waals surface area contributed by atoms with Crippen LogP contribution in [-0.2, 0) is 31.9 Å². The monoisotopic (exact) mass is 809 g/mol. The fourth-order valence-corrected chi connectivity index (χ4v) is 6.67. The molecule has 0 unspecified atom stereocenters. The van der Waals surface area contributed by atoms with Crippen LogP contribution in [0, 0.1) is 13.0 Å². The van der Waals surface area contributed by atoms with Gasteiger partial charge in [-0.15, -0.1) is 35.4 Å². The summed E-state index contributed by atoms with van der Waals surface area (Å²) < 4.78 is 2.15. The van der Waals surface area contributed by atoms with Crippen LogP contribution in [0.4, 0.5) is 0 Å². The smallest absolute Gasteiger partial charge is 0.148 e. The predicted molar refractivity (Wildman–Crippen MR) is 195 cm³/mol. The van der Waals surface area contributed by atoms with Gasteiger partial charge in [0.25, 0.3) is 0 Å². The van der Waals surface area contributed by atoms with Gasteiger partial charge in [-0.2, -0.15) is 0 Å². The van der Waals surface area contributed by atoms with Crippen LogP contribution in [0.15, 0.2) is 109 Å². The summed E-state index contributed by atoms with van der Waals surface area (Å²) in [6.45, 7) is 15.5. The third kappa shape index (κ3) is 5.88. The zero-order valence-electron chi connectivity index (χ0n) is 28.5. The Labute approximate surface area is 297 Å². The molecule has 1 N–H and O–H groups in total. The standard InChI is InChI=1S/C43H40N3O.Pt/c1-27-32-19-13-23-44-39(32)34(26-36(27)43(5,6)7)29-15-11-14-28(24-29)33-18-12-20-37-40(33)45-41(46(37)31-16-9-8-10-17-31)35-25-30(42(2,3)4)21-22-38(35)47;/h8-23,25-26,47H,1-7H3;/q-1;. The van der Waals surface area contributed by atoms with Crippen LogP contribution in [0.5, 0.6) is 5.75 Å². The van der Waals surface area contributed by atoms with Crippen LogP contribution in [0.1, 0.15) is 58.2 Å². The fourth-order valence-electron chi connectivity index (χ4n) is 6.67. The van der Waals surface area contributed by atoms with Gasteiger partial charge in [-0.05, 0) is 76.2 Å². The molecule has 4 nitrogen and oxygen atoms in total. The summed E-state index contributed by atoms with van der Waals surface area (Å²) in [6.07, 6.45) is 1.87. The van der Waals surface area contributed by atoms with Crippen molar-refractivity contribution in [2.24, 2.45) is 0 Å². The Kier molecular flexibility index (Phi) is 8.68. The number of para-hydroxylation sites is 2. The van der Waals surface area contributed by atoms with E-state index in [0.29, 0.717) is 11.4 Å². The maximum absolute atomic E-state index is 11.2. The summed E-state index contributed by atoms with van der Waals surface area (Å²) in [5, 5.41) is 12.4. The topological polar surface area (TPSA) is 50.9 Å². The van der Waals surface area contributed by atoms with Crippen molar-refractivity contribution in [2.75, 3.05) is 0 Å². The Morgan fingerprint density at radius 1 is 0.667 bits per heavy atom. The summed E-state index contributed by atoms with van der Waals surface area (Å²) in [6, 6.07) is 39.0. The number of aryl methyl sites for hydroxylation is 1. The quantitative estimate of drug-likeness (QED) is 0.180. The Bertz CT molecular complexity index is 2290. The van der Waals surface area contributed by atoms with Crippen molar-refractivity contribution >= 4 is 21.9 Å². The molecule has 0 bridgehead atoms. The van der Waals surface area contributed by atoms with Gasteiger partial charge in [-0.1, -0.05) is 101 Å². The van der Waals surface area contributed by atoms with E-state index in [1.165, 1.54) is 16.5 Å². The number of hydrogen-bond donors (Lipinski definition) is 1. The van der Waals surface area contributed by atoms with E-state index in [-0.39, 0.29) is 37.6 Å². The molecule has 244 valence electrons. The number of fused-ring (bicyclic) bond motifs is 2. The van der Waals surface area contributed by atoms with Crippen molar-refractivity contribution < 1.29 is 26.2 Å². The van der Waals surface area contributed by atoms with Crippen molar-refractivity contribution in [1.29, 1.82) is 0 Å². The van der Waals surface area contributed by atoms with E-state index in [1.54, 1.807) is 6.07 Å². The molecule has 0 fully saturated rings. The molecule has 0 amide bonds. The Hall–Kier alpha value is -4.53. The van der Waals surface area contributed by atoms with Crippen LogP contribution < -0.4 is 0 Å². The van der Waals surface area contributed by atoms with E-state index in [2.05, 4.69) is 126 Å². The second-order valence-electron chi connectivity index (χ2n) is 14.5. The molecule has 0 spiro atoms. The number of nitrogens with zero attached hydrogens (tertiary/aromatic N) is 3. The first-order valence-electron chi connectivity index (χ1n) is 16.2. The number of aromatic nitrogens is 3. The first-order valence-corrected chi connectivity index (χ1v) is 16.2. The summed E-state index contributed by atoms with van der Waals surface area (Å²) in [5.41, 5.74) is 12.1. The molecule has 0 saturated carbocycles. The van der Waals surface area contributed by atoms with Crippen LogP contribution in [0.2, 0.25) is 0 Å². The number of rotatable bonds is 4. The number of imidazole rings is 1. The number of aromatic hydroxyl groups is 1. The molecule has 5 heteroatoms. The maximum atomic E-state index is 11.2. The van der Waals surface area contributed by atoms with Gasteiger partial charge in [0, 0.05) is 38.5 Å². The molecule has 2 heterocycles. The van der Waals surface area contributed by atoms with Gasteiger partial charge in [0.05, 0.1) is 16.6 Å². The molecule has 0 radical (unpaired) electrons. The van der Waals surface area contributed by atoms with E-state index in [0.717, 1.165) is 50.1 Å². The summed E-state index contributed by atoms with van der Waals surface area (Å²) in [5.74, 6) is 0.899. The van der Waals surface area contributed by atoms with Crippen LogP contribution in [0.3, 0.4) is 0 Å². The van der Waals surface area contributed by atoms with Crippen molar-refractivity contribution in [1.82, 2.24) is 14.5 Å². The largest absolute Gasteiger partial charge is 0.507 e. The van der Waals surface area contributed by atoms with Gasteiger partial charge in [0.2, 0.25) is 0 Å². The Morgan fingerprint density at radius 3 is 2.08 bits per heavy atom.